The smallest absolute Gasteiger partial charge is 0.335 e. The highest BCUT2D eigenvalue weighted by molar-refractivity contribution is 6.30. The van der Waals surface area contributed by atoms with Crippen LogP contribution < -0.4 is 10.2 Å². The number of ether oxygens (including phenoxy) is 1. The number of rotatable bonds is 7. The molecule has 14 heteroatoms. The van der Waals surface area contributed by atoms with Crippen molar-refractivity contribution in [1.29, 1.82) is 0 Å². The normalized spacial score (nSPS) is 18.4. The van der Waals surface area contributed by atoms with Crippen LogP contribution in [0, 0.1) is 5.82 Å². The Labute approximate surface area is 274 Å². The van der Waals surface area contributed by atoms with Crippen molar-refractivity contribution in [3.8, 4) is 5.69 Å². The maximum atomic E-state index is 14.7. The number of anilines is 2. The fourth-order valence-electron chi connectivity index (χ4n) is 6.41. The maximum Gasteiger partial charge on any atom is 0.335 e. The van der Waals surface area contributed by atoms with Crippen molar-refractivity contribution in [2.45, 2.75) is 18.5 Å². The molecule has 242 valence electrons. The van der Waals surface area contributed by atoms with Gasteiger partial charge in [-0.3, -0.25) is 14.5 Å². The fourth-order valence-corrected chi connectivity index (χ4v) is 6.58. The van der Waals surface area contributed by atoms with E-state index in [1.54, 1.807) is 6.07 Å². The second-order valence-electron chi connectivity index (χ2n) is 11.7. The molecule has 1 atom stereocenters. The lowest BCUT2D eigenvalue weighted by Gasteiger charge is -2.44. The van der Waals surface area contributed by atoms with Crippen LogP contribution >= 0.6 is 11.6 Å². The molecule has 0 spiro atoms. The molecule has 47 heavy (non-hydrogen) atoms. The van der Waals surface area contributed by atoms with Crippen LogP contribution in [0.15, 0.2) is 66.9 Å². The summed E-state index contributed by atoms with van der Waals surface area (Å²) in [7, 11) is 0. The first kappa shape index (κ1) is 30.8. The van der Waals surface area contributed by atoms with Crippen LogP contribution in [0.3, 0.4) is 0 Å². The quantitative estimate of drug-likeness (QED) is 0.305. The Hall–Kier alpha value is -4.85. The number of carbonyl (C=O) groups is 3. The van der Waals surface area contributed by atoms with Crippen LogP contribution in [-0.2, 0) is 16.0 Å². The molecule has 7 rings (SSSR count). The molecule has 2 saturated heterocycles. The number of halogens is 2. The van der Waals surface area contributed by atoms with Crippen LogP contribution in [0.5, 0.6) is 0 Å². The Morgan fingerprint density at radius 2 is 1.66 bits per heavy atom. The predicted molar refractivity (Wildman–Crippen MR) is 171 cm³/mol. The van der Waals surface area contributed by atoms with E-state index in [1.165, 1.54) is 47.5 Å². The summed E-state index contributed by atoms with van der Waals surface area (Å²) in [6, 6.07) is 15.5. The molecule has 1 aromatic heterocycles. The van der Waals surface area contributed by atoms with E-state index in [1.807, 2.05) is 12.1 Å². The monoisotopic (exact) mass is 659 g/mol. The molecule has 3 aliphatic rings. The molecule has 0 aliphatic carbocycles. The van der Waals surface area contributed by atoms with Crippen molar-refractivity contribution in [2.75, 3.05) is 56.2 Å². The van der Waals surface area contributed by atoms with Gasteiger partial charge in [-0.05, 0) is 60.0 Å². The fraction of sp³-hybridized carbons (Fsp3) is 0.303. The van der Waals surface area contributed by atoms with Gasteiger partial charge in [-0.1, -0.05) is 35.0 Å². The second-order valence-corrected chi connectivity index (χ2v) is 12.1. The molecule has 0 radical (unpaired) electrons. The summed E-state index contributed by atoms with van der Waals surface area (Å²) in [5.74, 6) is -2.80. The summed E-state index contributed by atoms with van der Waals surface area (Å²) in [5.41, 5.74) is 3.13. The van der Waals surface area contributed by atoms with Crippen LogP contribution in [0.2, 0.25) is 5.02 Å². The van der Waals surface area contributed by atoms with E-state index in [0.29, 0.717) is 23.7 Å². The highest BCUT2D eigenvalue weighted by Crippen LogP contribution is 2.38. The SMILES string of the molecule is O=C(O)c1ccc(NC(=O)C2c3cccc(N4CCN(C5COC5)CC4)c3CCN2C(=O)c2cn(-c3cccc(Cl)c3F)nn2)cc1. The molecule has 4 heterocycles. The number of piperazine rings is 1. The first-order valence-corrected chi connectivity index (χ1v) is 15.7. The van der Waals surface area contributed by atoms with E-state index in [9.17, 15) is 23.9 Å². The van der Waals surface area contributed by atoms with Gasteiger partial charge < -0.3 is 25.0 Å². The van der Waals surface area contributed by atoms with E-state index in [2.05, 4.69) is 31.5 Å². The Kier molecular flexibility index (Phi) is 8.35. The van der Waals surface area contributed by atoms with Gasteiger partial charge in [-0.15, -0.1) is 5.10 Å². The summed E-state index contributed by atoms with van der Waals surface area (Å²) in [6.45, 7) is 5.21. The van der Waals surface area contributed by atoms with Crippen molar-refractivity contribution in [2.24, 2.45) is 0 Å². The van der Waals surface area contributed by atoms with Crippen molar-refractivity contribution >= 4 is 40.8 Å². The van der Waals surface area contributed by atoms with Gasteiger partial charge >= 0.3 is 5.97 Å². The molecular weight excluding hydrogens is 629 g/mol. The van der Waals surface area contributed by atoms with Gasteiger partial charge in [0.15, 0.2) is 11.5 Å². The summed E-state index contributed by atoms with van der Waals surface area (Å²) in [6.07, 6.45) is 1.82. The number of carbonyl (C=O) groups excluding carboxylic acids is 2. The molecule has 2 amide bonds. The van der Waals surface area contributed by atoms with Gasteiger partial charge in [0, 0.05) is 44.1 Å². The molecular formula is C33H31ClFN7O5. The summed E-state index contributed by atoms with van der Waals surface area (Å²) < 4.78 is 21.2. The number of nitrogens with one attached hydrogen (secondary N) is 1. The molecule has 2 fully saturated rings. The van der Waals surface area contributed by atoms with E-state index >= 15 is 0 Å². The van der Waals surface area contributed by atoms with E-state index in [0.717, 1.165) is 55.3 Å². The Morgan fingerprint density at radius 3 is 2.36 bits per heavy atom. The summed E-state index contributed by atoms with van der Waals surface area (Å²) in [4.78, 5) is 45.7. The first-order valence-electron chi connectivity index (χ1n) is 15.3. The lowest BCUT2D eigenvalue weighted by Crippen LogP contribution is -2.56. The van der Waals surface area contributed by atoms with Crippen molar-refractivity contribution in [3.63, 3.8) is 0 Å². The van der Waals surface area contributed by atoms with Gasteiger partial charge in [-0.2, -0.15) is 0 Å². The lowest BCUT2D eigenvalue weighted by atomic mass is 9.89. The average Bonchev–Trinajstić information content (AvgIpc) is 3.55. The number of hydrogen-bond acceptors (Lipinski definition) is 8. The van der Waals surface area contributed by atoms with Gasteiger partial charge in [0.1, 0.15) is 11.7 Å². The van der Waals surface area contributed by atoms with Gasteiger partial charge in [0.25, 0.3) is 11.8 Å². The number of nitrogens with zero attached hydrogens (tertiary/aromatic N) is 6. The zero-order chi connectivity index (χ0) is 32.7. The van der Waals surface area contributed by atoms with Gasteiger partial charge in [0.2, 0.25) is 0 Å². The molecule has 3 aliphatic heterocycles. The highest BCUT2D eigenvalue weighted by Gasteiger charge is 2.39. The molecule has 4 aromatic rings. The minimum Gasteiger partial charge on any atom is -0.478 e. The lowest BCUT2D eigenvalue weighted by molar-refractivity contribution is -0.121. The number of aromatic carboxylic acids is 1. The predicted octanol–water partition coefficient (Wildman–Crippen LogP) is 3.66. The number of carboxylic acid groups (broad SMARTS) is 1. The van der Waals surface area contributed by atoms with Crippen LogP contribution in [0.4, 0.5) is 15.8 Å². The summed E-state index contributed by atoms with van der Waals surface area (Å²) in [5, 5.41) is 20.0. The first-order chi connectivity index (χ1) is 22.8. The number of amides is 2. The van der Waals surface area contributed by atoms with E-state index in [-0.39, 0.29) is 28.5 Å². The average molecular weight is 660 g/mol. The third-order valence-electron chi connectivity index (χ3n) is 8.99. The summed E-state index contributed by atoms with van der Waals surface area (Å²) >= 11 is 5.95. The van der Waals surface area contributed by atoms with Crippen molar-refractivity contribution in [3.05, 3.63) is 100 Å². The largest absolute Gasteiger partial charge is 0.478 e. The molecule has 1 unspecified atom stereocenters. The molecule has 0 bridgehead atoms. The van der Waals surface area contributed by atoms with Crippen LogP contribution in [0.1, 0.15) is 38.0 Å². The maximum absolute atomic E-state index is 14.7. The number of carboxylic acids is 1. The van der Waals surface area contributed by atoms with Crippen LogP contribution in [0.25, 0.3) is 5.69 Å². The standard InChI is InChI=1S/C33H31ClFN7O5/c34-25-4-2-6-28(29(25)35)42-17-26(37-38-42)32(44)41-12-11-23-24(30(41)31(43)36-21-9-7-20(8-10-21)33(45)46)3-1-5-27(23)40-15-13-39(14-16-40)22-18-47-19-22/h1-10,17,22,30H,11-16,18-19H2,(H,36,43)(H,45,46). The van der Waals surface area contributed by atoms with Crippen molar-refractivity contribution in [1.82, 2.24) is 24.8 Å². The third kappa shape index (κ3) is 5.93. The Morgan fingerprint density at radius 1 is 0.936 bits per heavy atom. The van der Waals surface area contributed by atoms with E-state index < -0.39 is 29.6 Å². The van der Waals surface area contributed by atoms with Crippen molar-refractivity contribution < 1.29 is 28.6 Å². The zero-order valence-corrected chi connectivity index (χ0v) is 25.9. The minimum absolute atomic E-state index is 0.0294. The number of hydrogen-bond donors (Lipinski definition) is 2. The number of aromatic nitrogens is 3. The number of benzene rings is 3. The highest BCUT2D eigenvalue weighted by atomic mass is 35.5. The topological polar surface area (TPSA) is 133 Å². The zero-order valence-electron chi connectivity index (χ0n) is 25.2. The Bertz CT molecular complexity index is 1840. The van der Waals surface area contributed by atoms with E-state index in [4.69, 9.17) is 16.3 Å². The molecule has 3 aromatic carbocycles. The van der Waals surface area contributed by atoms with Crippen LogP contribution in [-0.4, -0.2) is 99.7 Å². The second kappa shape index (κ2) is 12.7. The third-order valence-corrected chi connectivity index (χ3v) is 9.28. The number of fused-ring (bicyclic) bond motifs is 1. The molecule has 2 N–H and O–H groups in total. The molecule has 0 saturated carbocycles. The van der Waals surface area contributed by atoms with Gasteiger partial charge in [0.05, 0.1) is 36.0 Å². The minimum atomic E-state index is -1.08. The Balaban J connectivity index is 1.20. The molecule has 12 nitrogen and oxygen atoms in total. The van der Waals surface area contributed by atoms with Gasteiger partial charge in [-0.25, -0.2) is 13.9 Å².